The molecule has 1 atom stereocenters. The molecule has 110 valence electrons. The van der Waals surface area contributed by atoms with Crippen molar-refractivity contribution in [3.05, 3.63) is 28.2 Å². The number of ether oxygens (including phenoxy) is 2. The molecule has 1 fully saturated rings. The Morgan fingerprint density at radius 3 is 2.95 bits per heavy atom. The van der Waals surface area contributed by atoms with E-state index in [4.69, 9.17) is 20.4 Å². The van der Waals surface area contributed by atoms with Crippen molar-refractivity contribution in [1.29, 1.82) is 0 Å². The van der Waals surface area contributed by atoms with Crippen LogP contribution in [0.15, 0.2) is 27.8 Å². The Bertz CT molecular complexity index is 517. The van der Waals surface area contributed by atoms with Crippen molar-refractivity contribution in [3.8, 4) is 5.75 Å². The zero-order valence-electron chi connectivity index (χ0n) is 11.6. The molecule has 2 rings (SSSR count). The van der Waals surface area contributed by atoms with Crippen molar-refractivity contribution in [2.75, 3.05) is 6.61 Å². The third kappa shape index (κ3) is 3.64. The van der Waals surface area contributed by atoms with Crippen LogP contribution >= 0.6 is 15.9 Å². The van der Waals surface area contributed by atoms with Crippen molar-refractivity contribution in [2.45, 2.75) is 38.4 Å². The highest BCUT2D eigenvalue weighted by Gasteiger charge is 2.32. The number of rotatable bonds is 4. The Balaban J connectivity index is 2.06. The van der Waals surface area contributed by atoms with Crippen LogP contribution in [0.4, 0.5) is 0 Å². The molecule has 1 unspecified atom stereocenters. The highest BCUT2D eigenvalue weighted by Crippen LogP contribution is 2.30. The first-order chi connectivity index (χ1) is 9.41. The number of nitrogens with two attached hydrogens (primary N) is 1. The van der Waals surface area contributed by atoms with Gasteiger partial charge in [-0.25, -0.2) is 0 Å². The van der Waals surface area contributed by atoms with Crippen LogP contribution in [0.1, 0.15) is 32.3 Å². The molecule has 5 nitrogen and oxygen atoms in total. The van der Waals surface area contributed by atoms with Gasteiger partial charge in [0.05, 0.1) is 17.3 Å². The van der Waals surface area contributed by atoms with Crippen LogP contribution in [0, 0.1) is 0 Å². The van der Waals surface area contributed by atoms with Gasteiger partial charge in [-0.2, -0.15) is 0 Å². The molecule has 0 bridgehead atoms. The molecule has 1 aliphatic heterocycles. The molecule has 6 heteroatoms. The van der Waals surface area contributed by atoms with E-state index in [1.165, 1.54) is 0 Å². The van der Waals surface area contributed by atoms with Gasteiger partial charge in [0, 0.05) is 4.47 Å². The van der Waals surface area contributed by atoms with Gasteiger partial charge >= 0.3 is 0 Å². The highest BCUT2D eigenvalue weighted by molar-refractivity contribution is 9.10. The SMILES string of the molecule is CC1(C)CCC(COc2ccc(Br)cc2/C(N)=N/O)O1. The molecule has 0 aliphatic carbocycles. The third-order valence-corrected chi connectivity index (χ3v) is 3.80. The second kappa shape index (κ2) is 6.01. The molecule has 0 radical (unpaired) electrons. The molecule has 20 heavy (non-hydrogen) atoms. The number of halogens is 1. The number of oxime groups is 1. The highest BCUT2D eigenvalue weighted by atomic mass is 79.9. The quantitative estimate of drug-likeness (QED) is 0.381. The molecule has 1 aliphatic rings. The lowest BCUT2D eigenvalue weighted by Crippen LogP contribution is -2.24. The Morgan fingerprint density at radius 2 is 2.35 bits per heavy atom. The van der Waals surface area contributed by atoms with Crippen molar-refractivity contribution >= 4 is 21.8 Å². The maximum Gasteiger partial charge on any atom is 0.173 e. The van der Waals surface area contributed by atoms with Crippen LogP contribution in [0.25, 0.3) is 0 Å². The topological polar surface area (TPSA) is 77.1 Å². The van der Waals surface area contributed by atoms with E-state index in [1.54, 1.807) is 12.1 Å². The van der Waals surface area contributed by atoms with Gasteiger partial charge in [0.1, 0.15) is 12.4 Å². The molecule has 0 saturated carbocycles. The smallest absolute Gasteiger partial charge is 0.173 e. The summed E-state index contributed by atoms with van der Waals surface area (Å²) in [5.74, 6) is 0.603. The molecule has 1 aromatic rings. The Hall–Kier alpha value is -1.27. The van der Waals surface area contributed by atoms with E-state index in [2.05, 4.69) is 34.9 Å². The number of hydrogen-bond acceptors (Lipinski definition) is 4. The van der Waals surface area contributed by atoms with Crippen molar-refractivity contribution < 1.29 is 14.7 Å². The molecule has 1 saturated heterocycles. The summed E-state index contributed by atoms with van der Waals surface area (Å²) in [6.45, 7) is 4.61. The molecule has 0 spiro atoms. The fourth-order valence-electron chi connectivity index (χ4n) is 2.26. The number of hydrogen-bond donors (Lipinski definition) is 2. The van der Waals surface area contributed by atoms with Crippen LogP contribution < -0.4 is 10.5 Å². The van der Waals surface area contributed by atoms with Crippen molar-refractivity contribution in [1.82, 2.24) is 0 Å². The number of benzene rings is 1. The number of amidine groups is 1. The lowest BCUT2D eigenvalue weighted by Gasteiger charge is -2.20. The van der Waals surface area contributed by atoms with Gasteiger partial charge in [0.2, 0.25) is 0 Å². The summed E-state index contributed by atoms with van der Waals surface area (Å²) < 4.78 is 12.5. The Kier molecular flexibility index (Phi) is 4.55. The Morgan fingerprint density at radius 1 is 1.60 bits per heavy atom. The van der Waals surface area contributed by atoms with E-state index in [0.717, 1.165) is 17.3 Å². The molecule has 0 aromatic heterocycles. The first-order valence-electron chi connectivity index (χ1n) is 6.49. The summed E-state index contributed by atoms with van der Waals surface area (Å²) in [6, 6.07) is 5.39. The van der Waals surface area contributed by atoms with Crippen LogP contribution in [0.3, 0.4) is 0 Å². The standard InChI is InChI=1S/C14H19BrN2O3/c1-14(2)6-5-10(20-14)8-19-12-4-3-9(15)7-11(12)13(16)17-18/h3-4,7,10,18H,5-6,8H2,1-2H3,(H2,16,17). The van der Waals surface area contributed by atoms with Gasteiger partial charge in [0.25, 0.3) is 0 Å². The van der Waals surface area contributed by atoms with E-state index in [1.807, 2.05) is 6.07 Å². The average molecular weight is 343 g/mol. The summed E-state index contributed by atoms with van der Waals surface area (Å²) >= 11 is 3.35. The van der Waals surface area contributed by atoms with E-state index < -0.39 is 0 Å². The van der Waals surface area contributed by atoms with Gasteiger partial charge in [-0.15, -0.1) is 0 Å². The normalized spacial score (nSPS) is 21.9. The van der Waals surface area contributed by atoms with Gasteiger partial charge in [0.15, 0.2) is 5.84 Å². The Labute approximate surface area is 126 Å². The van der Waals surface area contributed by atoms with Crippen LogP contribution in [0.2, 0.25) is 0 Å². The maximum absolute atomic E-state index is 8.82. The maximum atomic E-state index is 8.82. The third-order valence-electron chi connectivity index (χ3n) is 3.30. The molecule has 3 N–H and O–H groups in total. The summed E-state index contributed by atoms with van der Waals surface area (Å²) in [4.78, 5) is 0. The molecular formula is C14H19BrN2O3. The van der Waals surface area contributed by atoms with Crippen LogP contribution in [-0.2, 0) is 4.74 Å². The molecular weight excluding hydrogens is 324 g/mol. The van der Waals surface area contributed by atoms with E-state index >= 15 is 0 Å². The fourth-order valence-corrected chi connectivity index (χ4v) is 2.62. The minimum Gasteiger partial charge on any atom is -0.490 e. The first-order valence-corrected chi connectivity index (χ1v) is 7.28. The second-order valence-corrected chi connectivity index (χ2v) is 6.39. The van der Waals surface area contributed by atoms with Gasteiger partial charge < -0.3 is 20.4 Å². The predicted octanol–water partition coefficient (Wildman–Crippen LogP) is 2.88. The van der Waals surface area contributed by atoms with Crippen LogP contribution in [-0.4, -0.2) is 29.4 Å². The number of nitrogens with zero attached hydrogens (tertiary/aromatic N) is 1. The molecule has 1 heterocycles. The molecule has 0 amide bonds. The zero-order chi connectivity index (χ0) is 14.8. The summed E-state index contributed by atoms with van der Waals surface area (Å²) in [6.07, 6.45) is 2.07. The minimum atomic E-state index is -0.0812. The summed E-state index contributed by atoms with van der Waals surface area (Å²) in [7, 11) is 0. The lowest BCUT2D eigenvalue weighted by atomic mass is 10.1. The summed E-state index contributed by atoms with van der Waals surface area (Å²) in [5.41, 5.74) is 6.13. The largest absolute Gasteiger partial charge is 0.490 e. The van der Waals surface area contributed by atoms with E-state index in [9.17, 15) is 0 Å². The second-order valence-electron chi connectivity index (χ2n) is 5.47. The van der Waals surface area contributed by atoms with Crippen LogP contribution in [0.5, 0.6) is 5.75 Å². The molecule has 1 aromatic carbocycles. The van der Waals surface area contributed by atoms with E-state index in [0.29, 0.717) is 17.9 Å². The summed E-state index contributed by atoms with van der Waals surface area (Å²) in [5, 5.41) is 11.8. The van der Waals surface area contributed by atoms with Gasteiger partial charge in [-0.1, -0.05) is 21.1 Å². The lowest BCUT2D eigenvalue weighted by molar-refractivity contribution is -0.0326. The van der Waals surface area contributed by atoms with Gasteiger partial charge in [-0.05, 0) is 44.9 Å². The van der Waals surface area contributed by atoms with Crippen molar-refractivity contribution in [2.24, 2.45) is 10.9 Å². The first kappa shape index (κ1) is 15.1. The van der Waals surface area contributed by atoms with Gasteiger partial charge in [-0.3, -0.25) is 0 Å². The minimum absolute atomic E-state index is 0.0222. The fraction of sp³-hybridized carbons (Fsp3) is 0.500. The monoisotopic (exact) mass is 342 g/mol. The average Bonchev–Trinajstić information content (AvgIpc) is 2.76. The van der Waals surface area contributed by atoms with Crippen molar-refractivity contribution in [3.63, 3.8) is 0 Å². The predicted molar refractivity (Wildman–Crippen MR) is 80.3 cm³/mol. The zero-order valence-corrected chi connectivity index (χ0v) is 13.2. The van der Waals surface area contributed by atoms with E-state index in [-0.39, 0.29) is 17.5 Å².